The Morgan fingerprint density at radius 3 is 2.65 bits per heavy atom. The van der Waals surface area contributed by atoms with E-state index in [1.807, 2.05) is 47.9 Å². The third-order valence-corrected chi connectivity index (χ3v) is 4.27. The minimum atomic E-state index is -0.0919. The van der Waals surface area contributed by atoms with E-state index < -0.39 is 0 Å². The molecule has 0 aliphatic heterocycles. The Bertz CT molecular complexity index is 889. The molecule has 100 valence electrons. The molecule has 0 bridgehead atoms. The second kappa shape index (κ2) is 5.26. The van der Waals surface area contributed by atoms with Crippen LogP contribution < -0.4 is 16.1 Å². The fourth-order valence-corrected chi connectivity index (χ4v) is 2.85. The molecule has 20 heavy (non-hydrogen) atoms. The van der Waals surface area contributed by atoms with Crippen molar-refractivity contribution in [2.75, 3.05) is 0 Å². The number of benzene rings is 1. The van der Waals surface area contributed by atoms with E-state index in [1.54, 1.807) is 11.3 Å². The summed E-state index contributed by atoms with van der Waals surface area (Å²) < 4.78 is 2.48. The highest BCUT2D eigenvalue weighted by Crippen LogP contribution is 2.11. The second-order valence-electron chi connectivity index (χ2n) is 4.28. The minimum Gasteiger partial charge on any atom is -0.291 e. The van der Waals surface area contributed by atoms with Crippen LogP contribution in [0.1, 0.15) is 4.88 Å². The molecule has 3 nitrogen and oxygen atoms in total. The van der Waals surface area contributed by atoms with Gasteiger partial charge in [-0.25, -0.2) is 4.68 Å². The van der Waals surface area contributed by atoms with Crippen LogP contribution in [0.4, 0.5) is 0 Å². The van der Waals surface area contributed by atoms with Gasteiger partial charge in [0.15, 0.2) is 0 Å². The van der Waals surface area contributed by atoms with Gasteiger partial charge in [-0.2, -0.15) is 0 Å². The number of thiophene rings is 1. The van der Waals surface area contributed by atoms with Crippen LogP contribution in [-0.2, 0) is 0 Å². The van der Waals surface area contributed by atoms with E-state index in [0.717, 1.165) is 15.0 Å². The molecule has 0 aliphatic rings. The lowest BCUT2D eigenvalue weighted by molar-refractivity contribution is 0.838. The summed E-state index contributed by atoms with van der Waals surface area (Å²) in [6, 6.07) is 11.5. The Morgan fingerprint density at radius 2 is 2.00 bits per heavy atom. The highest BCUT2D eigenvalue weighted by molar-refractivity contribution is 9.10. The third kappa shape index (κ3) is 2.42. The number of H-pyrrole nitrogens is 1. The van der Waals surface area contributed by atoms with Gasteiger partial charge >= 0.3 is 0 Å². The first-order valence-electron chi connectivity index (χ1n) is 5.96. The number of hydrogen-bond acceptors (Lipinski definition) is 2. The van der Waals surface area contributed by atoms with Crippen molar-refractivity contribution in [3.63, 3.8) is 0 Å². The van der Waals surface area contributed by atoms with Crippen molar-refractivity contribution < 1.29 is 0 Å². The van der Waals surface area contributed by atoms with E-state index in [9.17, 15) is 4.79 Å². The van der Waals surface area contributed by atoms with Crippen LogP contribution in [0.25, 0.3) is 18.3 Å². The summed E-state index contributed by atoms with van der Waals surface area (Å²) >= 11 is 4.97. The average Bonchev–Trinajstić information content (AvgIpc) is 3.04. The van der Waals surface area contributed by atoms with Crippen LogP contribution in [0.15, 0.2) is 51.0 Å². The molecule has 0 saturated heterocycles. The fraction of sp³-hybridized carbons (Fsp3) is 0. The predicted octanol–water partition coefficient (Wildman–Crippen LogP) is 2.23. The highest BCUT2D eigenvalue weighted by Gasteiger charge is 2.04. The number of nitrogens with zero attached hydrogens (tertiary/aromatic N) is 1. The van der Waals surface area contributed by atoms with E-state index in [4.69, 9.17) is 0 Å². The molecule has 0 unspecified atom stereocenters. The molecule has 0 fully saturated rings. The first-order chi connectivity index (χ1) is 9.65. The van der Waals surface area contributed by atoms with Crippen molar-refractivity contribution in [3.05, 3.63) is 72.0 Å². The van der Waals surface area contributed by atoms with Crippen LogP contribution in [0.5, 0.6) is 0 Å². The quantitative estimate of drug-likeness (QED) is 0.759. The first-order valence-corrected chi connectivity index (χ1v) is 7.63. The van der Waals surface area contributed by atoms with Crippen molar-refractivity contribution in [3.8, 4) is 5.69 Å². The zero-order valence-corrected chi connectivity index (χ0v) is 12.9. The maximum absolute atomic E-state index is 12.5. The summed E-state index contributed by atoms with van der Waals surface area (Å²) in [7, 11) is 0. The molecule has 2 aromatic heterocycles. The summed E-state index contributed by atoms with van der Waals surface area (Å²) in [6.07, 6.45) is 1.86. The molecule has 1 aromatic carbocycles. The Labute approximate surface area is 127 Å². The van der Waals surface area contributed by atoms with E-state index >= 15 is 0 Å². The number of aromatic amines is 1. The summed E-state index contributed by atoms with van der Waals surface area (Å²) in [4.78, 5) is 13.5. The maximum Gasteiger partial charge on any atom is 0.279 e. The molecule has 1 N–H and O–H groups in total. The molecule has 0 saturated carbocycles. The Hall–Kier alpha value is -1.85. The standard InChI is InChI=1S/C15H11BrN2OS/c1-10-14(9-13-3-2-8-20-13)15(19)18(17-10)12-6-4-11(16)5-7-12/h2-9,17H,1H2. The summed E-state index contributed by atoms with van der Waals surface area (Å²) in [5, 5.41) is 6.20. The molecule has 5 heteroatoms. The summed E-state index contributed by atoms with van der Waals surface area (Å²) in [6.45, 7) is 3.91. The molecule has 3 rings (SSSR count). The zero-order chi connectivity index (χ0) is 14.1. The topological polar surface area (TPSA) is 37.8 Å². The number of nitrogens with one attached hydrogen (secondary N) is 1. The average molecular weight is 347 g/mol. The molecule has 3 aromatic rings. The number of aromatic nitrogens is 2. The van der Waals surface area contributed by atoms with Crippen molar-refractivity contribution in [2.45, 2.75) is 0 Å². The van der Waals surface area contributed by atoms with Crippen LogP contribution >= 0.6 is 27.3 Å². The Kier molecular flexibility index (Phi) is 3.46. The molecular formula is C15H11BrN2OS. The number of hydrogen-bond donors (Lipinski definition) is 1. The van der Waals surface area contributed by atoms with Crippen molar-refractivity contribution in [2.24, 2.45) is 0 Å². The smallest absolute Gasteiger partial charge is 0.279 e. The zero-order valence-electron chi connectivity index (χ0n) is 10.5. The van der Waals surface area contributed by atoms with Gasteiger partial charge in [-0.3, -0.25) is 9.89 Å². The van der Waals surface area contributed by atoms with Crippen LogP contribution in [0.2, 0.25) is 0 Å². The van der Waals surface area contributed by atoms with Crippen molar-refractivity contribution in [1.82, 2.24) is 9.78 Å². The van der Waals surface area contributed by atoms with Gasteiger partial charge in [0, 0.05) is 9.35 Å². The normalized spacial score (nSPS) is 11.9. The monoisotopic (exact) mass is 346 g/mol. The number of rotatable bonds is 2. The molecule has 0 amide bonds. The predicted molar refractivity (Wildman–Crippen MR) is 86.7 cm³/mol. The van der Waals surface area contributed by atoms with Gasteiger partial charge < -0.3 is 0 Å². The lowest BCUT2D eigenvalue weighted by atomic mass is 10.3. The minimum absolute atomic E-state index is 0.0919. The van der Waals surface area contributed by atoms with Crippen LogP contribution in [0, 0.1) is 0 Å². The fourth-order valence-electron chi connectivity index (χ4n) is 1.93. The molecule has 2 heterocycles. The van der Waals surface area contributed by atoms with E-state index in [1.165, 1.54) is 4.68 Å². The second-order valence-corrected chi connectivity index (χ2v) is 6.18. The van der Waals surface area contributed by atoms with E-state index in [2.05, 4.69) is 27.6 Å². The van der Waals surface area contributed by atoms with Gasteiger partial charge in [0.1, 0.15) is 0 Å². The van der Waals surface area contributed by atoms with E-state index in [0.29, 0.717) is 10.6 Å². The van der Waals surface area contributed by atoms with Crippen LogP contribution in [0.3, 0.4) is 0 Å². The highest BCUT2D eigenvalue weighted by atomic mass is 79.9. The van der Waals surface area contributed by atoms with Gasteiger partial charge in [0.2, 0.25) is 0 Å². The van der Waals surface area contributed by atoms with Crippen molar-refractivity contribution >= 4 is 39.9 Å². The van der Waals surface area contributed by atoms with Gasteiger partial charge in [-0.05, 0) is 41.8 Å². The van der Waals surface area contributed by atoms with E-state index in [-0.39, 0.29) is 5.56 Å². The largest absolute Gasteiger partial charge is 0.291 e. The van der Waals surface area contributed by atoms with Gasteiger partial charge in [0.05, 0.1) is 16.3 Å². The summed E-state index contributed by atoms with van der Waals surface area (Å²) in [5.41, 5.74) is 0.694. The lowest BCUT2D eigenvalue weighted by Crippen LogP contribution is -2.33. The number of halogens is 1. The van der Waals surface area contributed by atoms with Gasteiger partial charge in [-0.1, -0.05) is 28.6 Å². The molecule has 0 aliphatic carbocycles. The van der Waals surface area contributed by atoms with Crippen molar-refractivity contribution in [1.29, 1.82) is 0 Å². The van der Waals surface area contributed by atoms with Gasteiger partial charge in [0.25, 0.3) is 5.56 Å². The molecule has 0 spiro atoms. The SMILES string of the molecule is C=c1[nH]n(-c2ccc(Br)cc2)c(=O)c1=Cc1cccs1. The van der Waals surface area contributed by atoms with Crippen LogP contribution in [-0.4, -0.2) is 9.78 Å². The first kappa shape index (κ1) is 13.1. The third-order valence-electron chi connectivity index (χ3n) is 2.92. The lowest BCUT2D eigenvalue weighted by Gasteiger charge is -2.00. The molecule has 0 atom stereocenters. The molecular weight excluding hydrogens is 336 g/mol. The summed E-state index contributed by atoms with van der Waals surface area (Å²) in [5.74, 6) is 0. The Morgan fingerprint density at radius 1 is 1.25 bits per heavy atom. The molecule has 0 radical (unpaired) electrons. The van der Waals surface area contributed by atoms with Gasteiger partial charge in [-0.15, -0.1) is 11.3 Å². The maximum atomic E-state index is 12.5. The Balaban J connectivity index is 2.19.